The molecule has 8 aromatic rings. The standard InChI is InChI=1S/C64H50N2/c1-63(2)55-28-15-12-25-50(55)52-39-38-49(41-59(52)63)66(46-23-10-5-11-24-46)61-32-18-31-58-62(61)54-27-14-17-30-57(54)64(58)56-29-16-13-26-51(56)53-40-37-48(42-60(53)64)65(45-21-8-4-9-22-45)47-35-33-44(34-36-47)43-19-6-3-7-20-43/h3-6,8,10-19,21,23-42H,7,9,20,22H2,1-2H3. The Morgan fingerprint density at radius 3 is 1.65 bits per heavy atom. The Kier molecular flexibility index (Phi) is 8.77. The predicted octanol–water partition coefficient (Wildman–Crippen LogP) is 16.9. The first-order chi connectivity index (χ1) is 32.5. The number of anilines is 5. The van der Waals surface area contributed by atoms with E-state index in [1.54, 1.807) is 0 Å². The summed E-state index contributed by atoms with van der Waals surface area (Å²) in [6, 6.07) is 69.2. The summed E-state index contributed by atoms with van der Waals surface area (Å²) < 4.78 is 0. The van der Waals surface area contributed by atoms with Crippen molar-refractivity contribution in [3.63, 3.8) is 0 Å². The monoisotopic (exact) mass is 846 g/mol. The lowest BCUT2D eigenvalue weighted by Crippen LogP contribution is -2.26. The highest BCUT2D eigenvalue weighted by Crippen LogP contribution is 2.65. The quantitative estimate of drug-likeness (QED) is 0.158. The summed E-state index contributed by atoms with van der Waals surface area (Å²) in [6.45, 7) is 4.76. The molecule has 8 aromatic carbocycles. The third-order valence-electron chi connectivity index (χ3n) is 15.2. The van der Waals surface area contributed by atoms with Crippen LogP contribution in [0.5, 0.6) is 0 Å². The van der Waals surface area contributed by atoms with E-state index in [0.717, 1.165) is 37.1 Å². The Bertz CT molecular complexity index is 3400. The minimum atomic E-state index is -0.537. The normalized spacial score (nSPS) is 17.5. The highest BCUT2D eigenvalue weighted by atomic mass is 15.2. The van der Waals surface area contributed by atoms with Gasteiger partial charge in [-0.15, -0.1) is 0 Å². The number of nitrogens with zero attached hydrogens (tertiary/aromatic N) is 2. The van der Waals surface area contributed by atoms with Crippen LogP contribution in [0.3, 0.4) is 0 Å². The molecule has 0 bridgehead atoms. The van der Waals surface area contributed by atoms with Crippen molar-refractivity contribution < 1.29 is 0 Å². The first-order valence-electron chi connectivity index (χ1n) is 23.7. The van der Waals surface area contributed by atoms with E-state index in [1.165, 1.54) is 101 Å². The Morgan fingerprint density at radius 1 is 0.394 bits per heavy atom. The zero-order valence-electron chi connectivity index (χ0n) is 37.5. The molecule has 0 N–H and O–H groups in total. The molecule has 2 nitrogen and oxygen atoms in total. The van der Waals surface area contributed by atoms with E-state index in [1.807, 2.05) is 0 Å². The van der Waals surface area contributed by atoms with Gasteiger partial charge in [0.1, 0.15) is 0 Å². The Hall–Kier alpha value is -7.68. The second-order valence-electron chi connectivity index (χ2n) is 19.0. The second-order valence-corrected chi connectivity index (χ2v) is 19.0. The number of hydrogen-bond acceptors (Lipinski definition) is 2. The minimum absolute atomic E-state index is 0.126. The van der Waals surface area contributed by atoms with Gasteiger partial charge in [-0.3, -0.25) is 0 Å². The van der Waals surface area contributed by atoms with Crippen LogP contribution >= 0.6 is 0 Å². The largest absolute Gasteiger partial charge is 0.314 e. The van der Waals surface area contributed by atoms with Gasteiger partial charge in [-0.1, -0.05) is 172 Å². The number of allylic oxidation sites excluding steroid dienone is 8. The summed E-state index contributed by atoms with van der Waals surface area (Å²) in [5, 5.41) is 0. The highest BCUT2D eigenvalue weighted by Gasteiger charge is 2.53. The van der Waals surface area contributed by atoms with Crippen LogP contribution in [0.1, 0.15) is 78.5 Å². The van der Waals surface area contributed by atoms with E-state index >= 15 is 0 Å². The molecule has 5 aliphatic carbocycles. The van der Waals surface area contributed by atoms with Gasteiger partial charge in [-0.25, -0.2) is 0 Å². The molecule has 0 amide bonds. The number of fused-ring (bicyclic) bond motifs is 13. The molecule has 1 spiro atoms. The summed E-state index contributed by atoms with van der Waals surface area (Å²) >= 11 is 0. The van der Waals surface area contributed by atoms with E-state index in [0.29, 0.717) is 0 Å². The van der Waals surface area contributed by atoms with Gasteiger partial charge in [0.25, 0.3) is 0 Å². The third-order valence-corrected chi connectivity index (χ3v) is 15.2. The van der Waals surface area contributed by atoms with Crippen molar-refractivity contribution in [2.75, 3.05) is 9.80 Å². The van der Waals surface area contributed by atoms with Crippen molar-refractivity contribution in [3.8, 4) is 33.4 Å². The molecule has 0 fully saturated rings. The Labute approximate surface area is 388 Å². The van der Waals surface area contributed by atoms with E-state index in [-0.39, 0.29) is 5.41 Å². The van der Waals surface area contributed by atoms with Crippen LogP contribution < -0.4 is 9.80 Å². The van der Waals surface area contributed by atoms with Gasteiger partial charge in [-0.05, 0) is 159 Å². The fourth-order valence-corrected chi connectivity index (χ4v) is 12.2. The molecule has 0 heterocycles. The molecule has 5 aliphatic rings. The number of hydrogen-bond donors (Lipinski definition) is 0. The smallest absolute Gasteiger partial charge is 0.0727 e. The van der Waals surface area contributed by atoms with Crippen LogP contribution in [0.4, 0.5) is 28.4 Å². The lowest BCUT2D eigenvalue weighted by Gasteiger charge is -2.34. The zero-order valence-corrected chi connectivity index (χ0v) is 37.5. The molecule has 66 heavy (non-hydrogen) atoms. The Morgan fingerprint density at radius 2 is 0.939 bits per heavy atom. The molecule has 13 rings (SSSR count). The first kappa shape index (κ1) is 38.8. The van der Waals surface area contributed by atoms with Gasteiger partial charge < -0.3 is 9.80 Å². The maximum Gasteiger partial charge on any atom is 0.0727 e. The fourth-order valence-electron chi connectivity index (χ4n) is 12.2. The maximum atomic E-state index is 2.53. The van der Waals surface area contributed by atoms with Crippen molar-refractivity contribution in [1.29, 1.82) is 0 Å². The molecule has 0 aliphatic heterocycles. The van der Waals surface area contributed by atoms with Gasteiger partial charge >= 0.3 is 0 Å². The minimum Gasteiger partial charge on any atom is -0.314 e. The lowest BCUT2D eigenvalue weighted by molar-refractivity contribution is 0.660. The molecule has 1 unspecified atom stereocenters. The van der Waals surface area contributed by atoms with E-state index in [2.05, 4.69) is 242 Å². The molecule has 0 radical (unpaired) electrons. The SMILES string of the molecule is CC1(C)c2ccccc2-c2ccc(N(c3ccccc3)c3cccc4c3-c3ccccc3C43c4ccccc4-c4ccc(N(C5=CC=CCC5)c5ccc(C6=CC=CCC6)cc5)cc43)cc21. The number of benzene rings is 8. The molecule has 0 saturated heterocycles. The predicted molar refractivity (Wildman–Crippen MR) is 276 cm³/mol. The van der Waals surface area contributed by atoms with Crippen molar-refractivity contribution >= 4 is 34.0 Å². The van der Waals surface area contributed by atoms with Gasteiger partial charge in [0.2, 0.25) is 0 Å². The van der Waals surface area contributed by atoms with E-state index < -0.39 is 5.41 Å². The average molecular weight is 847 g/mol. The van der Waals surface area contributed by atoms with Crippen molar-refractivity contribution in [1.82, 2.24) is 0 Å². The molecule has 1 atom stereocenters. The molecular formula is C64H50N2. The van der Waals surface area contributed by atoms with Gasteiger partial charge in [0.15, 0.2) is 0 Å². The van der Waals surface area contributed by atoms with Crippen LogP contribution in [0.25, 0.3) is 39.0 Å². The van der Waals surface area contributed by atoms with Crippen LogP contribution in [0, 0.1) is 0 Å². The third kappa shape index (κ3) is 5.61. The van der Waals surface area contributed by atoms with E-state index in [4.69, 9.17) is 0 Å². The van der Waals surface area contributed by atoms with Gasteiger partial charge in [-0.2, -0.15) is 0 Å². The average Bonchev–Trinajstić information content (AvgIpc) is 3.94. The summed E-state index contributed by atoms with van der Waals surface area (Å²) in [6.07, 6.45) is 17.7. The molecular weight excluding hydrogens is 797 g/mol. The van der Waals surface area contributed by atoms with Crippen LogP contribution in [-0.2, 0) is 10.8 Å². The zero-order chi connectivity index (χ0) is 44.0. The molecule has 0 aromatic heterocycles. The lowest BCUT2D eigenvalue weighted by atomic mass is 9.70. The Balaban J connectivity index is 1.03. The first-order valence-corrected chi connectivity index (χ1v) is 23.7. The van der Waals surface area contributed by atoms with Crippen LogP contribution in [0.15, 0.2) is 224 Å². The van der Waals surface area contributed by atoms with Crippen molar-refractivity contribution in [3.05, 3.63) is 263 Å². The van der Waals surface area contributed by atoms with Gasteiger partial charge in [0, 0.05) is 39.4 Å². The van der Waals surface area contributed by atoms with E-state index in [9.17, 15) is 0 Å². The highest BCUT2D eigenvalue weighted by molar-refractivity contribution is 6.02. The van der Waals surface area contributed by atoms with Gasteiger partial charge in [0.05, 0.1) is 11.1 Å². The topological polar surface area (TPSA) is 6.48 Å². The molecule has 0 saturated carbocycles. The fraction of sp³-hybridized carbons (Fsp3) is 0.125. The van der Waals surface area contributed by atoms with Crippen LogP contribution in [0.2, 0.25) is 0 Å². The summed E-state index contributed by atoms with van der Waals surface area (Å²) in [5.41, 5.74) is 25.1. The number of rotatable bonds is 7. The second kappa shape index (κ2) is 14.9. The number of para-hydroxylation sites is 1. The summed E-state index contributed by atoms with van der Waals surface area (Å²) in [7, 11) is 0. The maximum absolute atomic E-state index is 2.53. The van der Waals surface area contributed by atoms with Crippen LogP contribution in [-0.4, -0.2) is 0 Å². The van der Waals surface area contributed by atoms with Crippen molar-refractivity contribution in [2.24, 2.45) is 0 Å². The van der Waals surface area contributed by atoms with Crippen molar-refractivity contribution in [2.45, 2.75) is 50.4 Å². The summed E-state index contributed by atoms with van der Waals surface area (Å²) in [5.74, 6) is 0. The summed E-state index contributed by atoms with van der Waals surface area (Å²) in [4.78, 5) is 5.03. The molecule has 316 valence electrons. The molecule has 2 heteroatoms.